The van der Waals surface area contributed by atoms with E-state index in [1.165, 1.54) is 16.7 Å². The molecule has 0 radical (unpaired) electrons. The van der Waals surface area contributed by atoms with Gasteiger partial charge in [0.1, 0.15) is 0 Å². The lowest BCUT2D eigenvalue weighted by Gasteiger charge is -2.11. The van der Waals surface area contributed by atoms with Gasteiger partial charge in [-0.3, -0.25) is 14.9 Å². The lowest BCUT2D eigenvalue weighted by Crippen LogP contribution is -2.23. The molecule has 104 valence electrons. The zero-order chi connectivity index (χ0) is 14.9. The van der Waals surface area contributed by atoms with Crippen molar-refractivity contribution >= 4 is 5.69 Å². The van der Waals surface area contributed by atoms with Crippen molar-refractivity contribution < 1.29 is 4.92 Å². The molecule has 1 heterocycles. The fourth-order valence-electron chi connectivity index (χ4n) is 2.40. The van der Waals surface area contributed by atoms with E-state index in [0.717, 1.165) is 16.7 Å². The molecule has 1 aromatic carbocycles. The molecule has 5 heteroatoms. The van der Waals surface area contributed by atoms with Crippen LogP contribution in [0.4, 0.5) is 5.69 Å². The lowest BCUT2D eigenvalue weighted by molar-refractivity contribution is -0.386. The fourth-order valence-corrected chi connectivity index (χ4v) is 2.40. The van der Waals surface area contributed by atoms with Crippen molar-refractivity contribution in [3.8, 4) is 0 Å². The third kappa shape index (κ3) is 2.77. The summed E-state index contributed by atoms with van der Waals surface area (Å²) in [6, 6.07) is 8.52. The molecule has 0 aliphatic rings. The summed E-state index contributed by atoms with van der Waals surface area (Å²) in [6.45, 7) is 5.91. The summed E-state index contributed by atoms with van der Waals surface area (Å²) in [5.74, 6) is 0. The van der Waals surface area contributed by atoms with Gasteiger partial charge in [-0.05, 0) is 26.3 Å². The molecule has 2 rings (SSSR count). The molecule has 0 aliphatic heterocycles. The molecule has 0 aliphatic carbocycles. The van der Waals surface area contributed by atoms with E-state index in [9.17, 15) is 14.9 Å². The second kappa shape index (κ2) is 5.28. The smallest absolute Gasteiger partial charge is 0.288 e. The second-order valence-electron chi connectivity index (χ2n) is 4.98. The average Bonchev–Trinajstić information content (AvgIpc) is 2.32. The van der Waals surface area contributed by atoms with Crippen molar-refractivity contribution in [3.63, 3.8) is 0 Å². The van der Waals surface area contributed by atoms with E-state index in [1.807, 2.05) is 32.0 Å². The Kier molecular flexibility index (Phi) is 3.70. The van der Waals surface area contributed by atoms with Gasteiger partial charge in [0.2, 0.25) is 0 Å². The summed E-state index contributed by atoms with van der Waals surface area (Å²) in [5.41, 5.74) is 3.29. The number of aromatic nitrogens is 1. The van der Waals surface area contributed by atoms with Gasteiger partial charge < -0.3 is 4.57 Å². The topological polar surface area (TPSA) is 65.1 Å². The average molecular weight is 272 g/mol. The number of pyridine rings is 1. The van der Waals surface area contributed by atoms with Crippen LogP contribution in [0.3, 0.4) is 0 Å². The van der Waals surface area contributed by atoms with Crippen molar-refractivity contribution in [2.24, 2.45) is 0 Å². The summed E-state index contributed by atoms with van der Waals surface area (Å²) in [4.78, 5) is 22.4. The second-order valence-corrected chi connectivity index (χ2v) is 4.98. The van der Waals surface area contributed by atoms with E-state index >= 15 is 0 Å². The summed E-state index contributed by atoms with van der Waals surface area (Å²) in [6.07, 6.45) is 0. The fraction of sp³-hybridized carbons (Fsp3) is 0.267. The predicted molar refractivity (Wildman–Crippen MR) is 77.1 cm³/mol. The minimum absolute atomic E-state index is 0.0334. The predicted octanol–water partition coefficient (Wildman–Crippen LogP) is 2.73. The third-order valence-corrected chi connectivity index (χ3v) is 3.24. The highest BCUT2D eigenvalue weighted by atomic mass is 16.6. The van der Waals surface area contributed by atoms with Crippen molar-refractivity contribution in [2.75, 3.05) is 0 Å². The first-order chi connectivity index (χ1) is 9.38. The molecule has 2 aromatic rings. The molecule has 5 nitrogen and oxygen atoms in total. The number of nitro groups is 1. The Balaban J connectivity index is 2.50. The maximum atomic E-state index is 11.9. The van der Waals surface area contributed by atoms with Gasteiger partial charge in [-0.25, -0.2) is 0 Å². The van der Waals surface area contributed by atoms with Crippen molar-refractivity contribution in [2.45, 2.75) is 27.3 Å². The summed E-state index contributed by atoms with van der Waals surface area (Å²) < 4.78 is 1.44. The summed E-state index contributed by atoms with van der Waals surface area (Å²) in [5, 5.41) is 10.9. The van der Waals surface area contributed by atoms with Gasteiger partial charge in [-0.1, -0.05) is 29.3 Å². The molecule has 1 aromatic heterocycles. The van der Waals surface area contributed by atoms with Crippen molar-refractivity contribution in [1.82, 2.24) is 4.57 Å². The van der Waals surface area contributed by atoms with E-state index in [1.54, 1.807) is 6.92 Å². The maximum absolute atomic E-state index is 11.9. The Bertz CT molecular complexity index is 712. The molecule has 0 atom stereocenters. The third-order valence-electron chi connectivity index (χ3n) is 3.24. The highest BCUT2D eigenvalue weighted by Gasteiger charge is 2.15. The van der Waals surface area contributed by atoms with Gasteiger partial charge in [0.25, 0.3) is 11.2 Å². The Morgan fingerprint density at radius 1 is 1.10 bits per heavy atom. The molecular formula is C15H16N2O3. The number of hydrogen-bond acceptors (Lipinski definition) is 3. The monoisotopic (exact) mass is 272 g/mol. The first-order valence-electron chi connectivity index (χ1n) is 6.30. The summed E-state index contributed by atoms with van der Waals surface area (Å²) in [7, 11) is 0. The number of rotatable bonds is 3. The highest BCUT2D eigenvalue weighted by Crippen LogP contribution is 2.16. The number of nitrogens with zero attached hydrogens (tertiary/aromatic N) is 2. The number of hydrogen-bond donors (Lipinski definition) is 0. The Labute approximate surface area is 116 Å². The van der Waals surface area contributed by atoms with Crippen molar-refractivity contribution in [1.29, 1.82) is 0 Å². The molecule has 0 saturated carbocycles. The first-order valence-corrected chi connectivity index (χ1v) is 6.30. The summed E-state index contributed by atoms with van der Waals surface area (Å²) >= 11 is 0. The van der Waals surface area contributed by atoms with E-state index in [4.69, 9.17) is 0 Å². The minimum Gasteiger partial charge on any atom is -0.302 e. The van der Waals surface area contributed by atoms with Crippen LogP contribution in [0.5, 0.6) is 0 Å². The number of aryl methyl sites for hydroxylation is 2. The standard InChI is InChI=1S/C15H16N2O3/c1-10-6-11(2)8-13(7-10)9-16-12(3)14(17(19)20)4-5-15(16)18/h4-8H,9H2,1-3H3. The van der Waals surface area contributed by atoms with E-state index in [2.05, 4.69) is 0 Å². The van der Waals surface area contributed by atoms with Crippen LogP contribution in [0.1, 0.15) is 22.4 Å². The molecule has 0 saturated heterocycles. The van der Waals surface area contributed by atoms with Crippen LogP contribution in [-0.4, -0.2) is 9.49 Å². The minimum atomic E-state index is -0.466. The van der Waals surface area contributed by atoms with Gasteiger partial charge in [0, 0.05) is 12.1 Å². The molecule has 0 bridgehead atoms. The molecule has 0 unspecified atom stereocenters. The quantitative estimate of drug-likeness (QED) is 0.637. The lowest BCUT2D eigenvalue weighted by atomic mass is 10.1. The molecule has 0 spiro atoms. The van der Waals surface area contributed by atoms with Crippen LogP contribution < -0.4 is 5.56 Å². The molecule has 0 N–H and O–H groups in total. The van der Waals surface area contributed by atoms with Gasteiger partial charge in [-0.15, -0.1) is 0 Å². The van der Waals surface area contributed by atoms with Crippen LogP contribution in [0.25, 0.3) is 0 Å². The molecular weight excluding hydrogens is 256 g/mol. The zero-order valence-electron chi connectivity index (χ0n) is 11.7. The van der Waals surface area contributed by atoms with Crippen LogP contribution in [0.2, 0.25) is 0 Å². The normalized spacial score (nSPS) is 10.6. The maximum Gasteiger partial charge on any atom is 0.288 e. The van der Waals surface area contributed by atoms with Crippen molar-refractivity contribution in [3.05, 3.63) is 73.2 Å². The van der Waals surface area contributed by atoms with Crippen LogP contribution >= 0.6 is 0 Å². The van der Waals surface area contributed by atoms with Crippen LogP contribution in [0.15, 0.2) is 35.1 Å². The zero-order valence-corrected chi connectivity index (χ0v) is 11.7. The van der Waals surface area contributed by atoms with Crippen LogP contribution in [0, 0.1) is 30.9 Å². The Morgan fingerprint density at radius 2 is 1.70 bits per heavy atom. The first kappa shape index (κ1) is 14.0. The van der Waals surface area contributed by atoms with Gasteiger partial charge in [0.05, 0.1) is 17.2 Å². The van der Waals surface area contributed by atoms with E-state index < -0.39 is 4.92 Å². The SMILES string of the molecule is Cc1cc(C)cc(Cn2c(C)c([N+](=O)[O-])ccc2=O)c1. The number of benzene rings is 1. The molecule has 0 amide bonds. The van der Waals surface area contributed by atoms with Crippen LogP contribution in [-0.2, 0) is 6.54 Å². The van der Waals surface area contributed by atoms with E-state index in [-0.39, 0.29) is 11.2 Å². The van der Waals surface area contributed by atoms with Gasteiger partial charge in [-0.2, -0.15) is 0 Å². The molecule has 20 heavy (non-hydrogen) atoms. The Morgan fingerprint density at radius 3 is 2.25 bits per heavy atom. The highest BCUT2D eigenvalue weighted by molar-refractivity contribution is 5.35. The Hall–Kier alpha value is -2.43. The largest absolute Gasteiger partial charge is 0.302 e. The van der Waals surface area contributed by atoms with E-state index in [0.29, 0.717) is 12.2 Å². The van der Waals surface area contributed by atoms with Gasteiger partial charge >= 0.3 is 0 Å². The molecule has 0 fully saturated rings. The van der Waals surface area contributed by atoms with Gasteiger partial charge in [0.15, 0.2) is 0 Å².